The number of aromatic nitrogens is 2. The van der Waals surface area contributed by atoms with Crippen LogP contribution in [0.25, 0.3) is 10.9 Å². The Kier molecular flexibility index (Phi) is 4.85. The van der Waals surface area contributed by atoms with Crippen LogP contribution in [0.5, 0.6) is 5.75 Å². The fourth-order valence-electron chi connectivity index (χ4n) is 2.61. The smallest absolute Gasteiger partial charge is 0.254 e. The zero-order valence-corrected chi connectivity index (χ0v) is 15.1. The van der Waals surface area contributed by atoms with E-state index in [1.165, 1.54) is 0 Å². The molecule has 1 N–H and O–H groups in total. The summed E-state index contributed by atoms with van der Waals surface area (Å²) in [6.07, 6.45) is 1.78. The minimum absolute atomic E-state index is 0.0556. The molecule has 0 saturated heterocycles. The Morgan fingerprint density at radius 1 is 1.33 bits per heavy atom. The van der Waals surface area contributed by atoms with Crippen LogP contribution in [0.3, 0.4) is 0 Å². The van der Waals surface area contributed by atoms with Crippen molar-refractivity contribution in [3.63, 3.8) is 0 Å². The van der Waals surface area contributed by atoms with E-state index >= 15 is 0 Å². The van der Waals surface area contributed by atoms with Crippen molar-refractivity contribution >= 4 is 32.7 Å². The molecule has 0 unspecified atom stereocenters. The summed E-state index contributed by atoms with van der Waals surface area (Å²) in [4.78, 5) is 14.4. The van der Waals surface area contributed by atoms with E-state index in [1.54, 1.807) is 30.3 Å². The van der Waals surface area contributed by atoms with Gasteiger partial charge >= 0.3 is 0 Å². The van der Waals surface area contributed by atoms with Crippen LogP contribution in [-0.4, -0.2) is 34.7 Å². The Balaban J connectivity index is 1.82. The Labute approximate surface area is 148 Å². The number of hydrogen-bond acceptors (Lipinski definition) is 3. The van der Waals surface area contributed by atoms with Crippen molar-refractivity contribution in [3.05, 3.63) is 58.2 Å². The summed E-state index contributed by atoms with van der Waals surface area (Å²) in [7, 11) is 1.79. The number of nitrogens with one attached hydrogen (secondary N) is 1. The third-order valence-corrected chi connectivity index (χ3v) is 4.45. The summed E-state index contributed by atoms with van der Waals surface area (Å²) in [5.74, 6) is 0.618. The van der Waals surface area contributed by atoms with Crippen molar-refractivity contribution < 1.29 is 9.53 Å². The first-order chi connectivity index (χ1) is 11.6. The zero-order chi connectivity index (χ0) is 17.1. The van der Waals surface area contributed by atoms with Gasteiger partial charge in [-0.25, -0.2) is 0 Å². The van der Waals surface area contributed by atoms with Gasteiger partial charge in [0.15, 0.2) is 0 Å². The average Bonchev–Trinajstić information content (AvgIpc) is 3.06. The number of halogens is 1. The van der Waals surface area contributed by atoms with Gasteiger partial charge in [-0.2, -0.15) is 5.10 Å². The largest absolute Gasteiger partial charge is 0.493 e. The van der Waals surface area contributed by atoms with E-state index in [0.29, 0.717) is 24.5 Å². The average molecular weight is 388 g/mol. The van der Waals surface area contributed by atoms with Gasteiger partial charge < -0.3 is 9.64 Å². The van der Waals surface area contributed by atoms with Gasteiger partial charge in [0.05, 0.1) is 22.8 Å². The second-order valence-electron chi connectivity index (χ2n) is 5.49. The first-order valence-electron chi connectivity index (χ1n) is 7.69. The first-order valence-corrected chi connectivity index (χ1v) is 8.48. The van der Waals surface area contributed by atoms with Crippen LogP contribution >= 0.6 is 15.9 Å². The van der Waals surface area contributed by atoms with Crippen LogP contribution in [0, 0.1) is 0 Å². The van der Waals surface area contributed by atoms with Crippen molar-refractivity contribution in [1.82, 2.24) is 15.1 Å². The van der Waals surface area contributed by atoms with Crippen LogP contribution in [0.4, 0.5) is 0 Å². The number of amides is 1. The van der Waals surface area contributed by atoms with Gasteiger partial charge in [0.2, 0.25) is 0 Å². The molecule has 0 atom stereocenters. The molecular weight excluding hydrogens is 370 g/mol. The number of carbonyl (C=O) groups is 1. The van der Waals surface area contributed by atoms with Gasteiger partial charge in [0.25, 0.3) is 5.91 Å². The number of benzene rings is 2. The molecule has 2 aromatic carbocycles. The molecule has 5 nitrogen and oxygen atoms in total. The molecule has 0 bridgehead atoms. The molecule has 124 valence electrons. The monoisotopic (exact) mass is 387 g/mol. The van der Waals surface area contributed by atoms with Gasteiger partial charge in [0.1, 0.15) is 5.75 Å². The lowest BCUT2D eigenvalue weighted by atomic mass is 10.1. The standard InChI is InChI=1S/C18H18BrN3O2/c1-3-24-16-9-12(7-8-15(16)19)18(23)22(2)11-14-6-4-5-13-10-20-21-17(13)14/h4-10H,3,11H2,1-2H3,(H,20,21). The topological polar surface area (TPSA) is 58.2 Å². The number of fused-ring (bicyclic) bond motifs is 1. The minimum Gasteiger partial charge on any atom is -0.493 e. The van der Waals surface area contributed by atoms with Crippen molar-refractivity contribution in [2.45, 2.75) is 13.5 Å². The van der Waals surface area contributed by atoms with Crippen LogP contribution in [0.1, 0.15) is 22.8 Å². The maximum absolute atomic E-state index is 12.7. The lowest BCUT2D eigenvalue weighted by Crippen LogP contribution is -2.26. The molecule has 3 aromatic rings. The predicted molar refractivity (Wildman–Crippen MR) is 97.2 cm³/mol. The number of nitrogens with zero attached hydrogens (tertiary/aromatic N) is 2. The highest BCUT2D eigenvalue weighted by Crippen LogP contribution is 2.27. The number of carbonyl (C=O) groups excluding carboxylic acids is 1. The van der Waals surface area contributed by atoms with Gasteiger partial charge in [-0.1, -0.05) is 18.2 Å². The third-order valence-electron chi connectivity index (χ3n) is 3.80. The Hall–Kier alpha value is -2.34. The van der Waals surface area contributed by atoms with E-state index in [-0.39, 0.29) is 5.91 Å². The molecule has 1 aromatic heterocycles. The number of rotatable bonds is 5. The Morgan fingerprint density at radius 3 is 2.96 bits per heavy atom. The van der Waals surface area contributed by atoms with Crippen molar-refractivity contribution in [2.75, 3.05) is 13.7 Å². The zero-order valence-electron chi connectivity index (χ0n) is 13.5. The summed E-state index contributed by atoms with van der Waals surface area (Å²) >= 11 is 3.43. The van der Waals surface area contributed by atoms with E-state index in [9.17, 15) is 4.79 Å². The molecule has 3 rings (SSSR count). The summed E-state index contributed by atoms with van der Waals surface area (Å²) in [6, 6.07) is 11.4. The first kappa shape index (κ1) is 16.5. The van der Waals surface area contributed by atoms with Crippen molar-refractivity contribution in [1.29, 1.82) is 0 Å². The Bertz CT molecular complexity index is 876. The van der Waals surface area contributed by atoms with Crippen LogP contribution < -0.4 is 4.74 Å². The van der Waals surface area contributed by atoms with Gasteiger partial charge in [-0.15, -0.1) is 0 Å². The number of aromatic amines is 1. The lowest BCUT2D eigenvalue weighted by molar-refractivity contribution is 0.0785. The van der Waals surface area contributed by atoms with E-state index in [4.69, 9.17) is 4.74 Å². The molecule has 0 fully saturated rings. The molecule has 0 aliphatic rings. The highest BCUT2D eigenvalue weighted by Gasteiger charge is 2.15. The summed E-state index contributed by atoms with van der Waals surface area (Å²) in [6.45, 7) is 2.96. The molecular formula is C18H18BrN3O2. The number of hydrogen-bond donors (Lipinski definition) is 1. The van der Waals surface area contributed by atoms with E-state index in [1.807, 2.05) is 31.2 Å². The highest BCUT2D eigenvalue weighted by molar-refractivity contribution is 9.10. The number of ether oxygens (including phenoxy) is 1. The molecule has 1 amide bonds. The predicted octanol–water partition coefficient (Wildman–Crippen LogP) is 4.00. The molecule has 0 saturated carbocycles. The van der Waals surface area contributed by atoms with Gasteiger partial charge in [-0.3, -0.25) is 9.89 Å². The molecule has 1 heterocycles. The minimum atomic E-state index is -0.0556. The highest BCUT2D eigenvalue weighted by atomic mass is 79.9. The molecule has 0 radical (unpaired) electrons. The second kappa shape index (κ2) is 7.05. The second-order valence-corrected chi connectivity index (χ2v) is 6.35. The molecule has 0 aliphatic heterocycles. The molecule has 24 heavy (non-hydrogen) atoms. The molecule has 6 heteroatoms. The fraction of sp³-hybridized carbons (Fsp3) is 0.222. The van der Waals surface area contributed by atoms with Crippen molar-refractivity contribution in [2.24, 2.45) is 0 Å². The Morgan fingerprint density at radius 2 is 2.17 bits per heavy atom. The summed E-state index contributed by atoms with van der Waals surface area (Å²) < 4.78 is 6.38. The van der Waals surface area contributed by atoms with E-state index in [0.717, 1.165) is 20.9 Å². The van der Waals surface area contributed by atoms with E-state index in [2.05, 4.69) is 26.1 Å². The molecule has 0 aliphatic carbocycles. The van der Waals surface area contributed by atoms with Crippen LogP contribution in [0.2, 0.25) is 0 Å². The van der Waals surface area contributed by atoms with Gasteiger partial charge in [0, 0.05) is 24.5 Å². The van der Waals surface area contributed by atoms with Crippen molar-refractivity contribution in [3.8, 4) is 5.75 Å². The summed E-state index contributed by atoms with van der Waals surface area (Å²) in [5, 5.41) is 8.09. The number of H-pyrrole nitrogens is 1. The summed E-state index contributed by atoms with van der Waals surface area (Å²) in [5.41, 5.74) is 2.59. The van der Waals surface area contributed by atoms with Gasteiger partial charge in [-0.05, 0) is 46.6 Å². The maximum atomic E-state index is 12.7. The third kappa shape index (κ3) is 3.28. The maximum Gasteiger partial charge on any atom is 0.254 e. The molecule has 0 spiro atoms. The van der Waals surface area contributed by atoms with Crippen LogP contribution in [-0.2, 0) is 6.54 Å². The quantitative estimate of drug-likeness (QED) is 0.719. The van der Waals surface area contributed by atoms with Crippen LogP contribution in [0.15, 0.2) is 47.1 Å². The SMILES string of the molecule is CCOc1cc(C(=O)N(C)Cc2cccc3cn[nH]c23)ccc1Br. The number of para-hydroxylation sites is 1. The van der Waals surface area contributed by atoms with E-state index < -0.39 is 0 Å². The normalized spacial score (nSPS) is 10.8. The lowest BCUT2D eigenvalue weighted by Gasteiger charge is -2.18. The fourth-order valence-corrected chi connectivity index (χ4v) is 2.97.